The lowest BCUT2D eigenvalue weighted by Crippen LogP contribution is -2.15. The first-order chi connectivity index (χ1) is 18.1. The van der Waals surface area contributed by atoms with Crippen LogP contribution in [0.1, 0.15) is 136 Å². The maximum atomic E-state index is 12.7. The van der Waals surface area contributed by atoms with Gasteiger partial charge in [0.2, 0.25) is 0 Å². The molecule has 0 amide bonds. The van der Waals surface area contributed by atoms with Crippen LogP contribution in [0.3, 0.4) is 0 Å². The third kappa shape index (κ3) is 13.3. The Hall–Kier alpha value is -2.88. The third-order valence-corrected chi connectivity index (χ3v) is 6.64. The van der Waals surface area contributed by atoms with Crippen molar-refractivity contribution in [2.45, 2.75) is 116 Å². The largest absolute Gasteiger partial charge is 0.462 e. The van der Waals surface area contributed by atoms with E-state index in [2.05, 4.69) is 11.8 Å². The van der Waals surface area contributed by atoms with E-state index in [4.69, 9.17) is 9.47 Å². The van der Waals surface area contributed by atoms with Gasteiger partial charge in [-0.05, 0) is 31.7 Å². The number of rotatable bonds is 1. The Morgan fingerprint density at radius 1 is 0.595 bits per heavy atom. The number of benzene rings is 1. The van der Waals surface area contributed by atoms with Crippen molar-refractivity contribution in [1.29, 1.82) is 0 Å². The zero-order valence-corrected chi connectivity index (χ0v) is 22.3. The molecule has 0 saturated carbocycles. The van der Waals surface area contributed by atoms with Crippen molar-refractivity contribution in [3.63, 3.8) is 0 Å². The summed E-state index contributed by atoms with van der Waals surface area (Å²) in [7, 11) is 0. The Morgan fingerprint density at radius 3 is 1.46 bits per heavy atom. The highest BCUT2D eigenvalue weighted by atomic mass is 16.6. The highest BCUT2D eigenvalue weighted by Crippen LogP contribution is 2.21. The second-order valence-electron chi connectivity index (χ2n) is 9.77. The number of nitrogens with zero attached hydrogens (tertiary/aromatic N) is 1. The molecule has 0 N–H and O–H groups in total. The van der Waals surface area contributed by atoms with Gasteiger partial charge in [0.25, 0.3) is 5.69 Å². The van der Waals surface area contributed by atoms with Crippen molar-refractivity contribution in [3.8, 4) is 11.8 Å². The van der Waals surface area contributed by atoms with Crippen LogP contribution in [0.15, 0.2) is 18.2 Å². The van der Waals surface area contributed by atoms with Crippen molar-refractivity contribution in [3.05, 3.63) is 39.4 Å². The Balaban J connectivity index is 1.90. The molecular formula is C30H43NO6. The molecule has 37 heavy (non-hydrogen) atoms. The average molecular weight is 514 g/mol. The van der Waals surface area contributed by atoms with Crippen LogP contribution in [0.25, 0.3) is 0 Å². The first-order valence-electron chi connectivity index (χ1n) is 14.2. The molecule has 0 unspecified atom stereocenters. The minimum Gasteiger partial charge on any atom is -0.462 e. The summed E-state index contributed by atoms with van der Waals surface area (Å²) in [5, 5.41) is 11.2. The molecule has 0 saturated heterocycles. The number of nitro groups is 1. The Bertz CT molecular complexity index is 901. The van der Waals surface area contributed by atoms with Crippen molar-refractivity contribution in [1.82, 2.24) is 0 Å². The SMILES string of the molecule is O=C1OCCCCCCCCCCC#CCCCCCCCCCCOC(=O)c2cc([N+](=O)[O-])ccc21. The Labute approximate surface area is 221 Å². The van der Waals surface area contributed by atoms with E-state index < -0.39 is 16.9 Å². The standard InChI is InChI=1S/C30H43NO6/c32-29-27-22-21-26(31(34)35)25-28(27)30(33)37-24-20-18-16-14-12-10-8-6-4-2-1-3-5-7-9-11-13-15-17-19-23-36-29/h21-22,25H,3-20,23-24H2. The van der Waals surface area contributed by atoms with Crippen LogP contribution in [0.5, 0.6) is 0 Å². The zero-order chi connectivity index (χ0) is 26.6. The molecule has 204 valence electrons. The van der Waals surface area contributed by atoms with E-state index in [1.54, 1.807) is 0 Å². The summed E-state index contributed by atoms with van der Waals surface area (Å²) in [6.45, 7) is 0.470. The van der Waals surface area contributed by atoms with Gasteiger partial charge in [0.15, 0.2) is 0 Å². The van der Waals surface area contributed by atoms with Gasteiger partial charge in [-0.15, -0.1) is 11.8 Å². The predicted octanol–water partition coefficient (Wildman–Crippen LogP) is 7.95. The lowest BCUT2D eigenvalue weighted by molar-refractivity contribution is -0.384. The molecule has 1 heterocycles. The number of non-ortho nitro benzene ring substituents is 1. The summed E-state index contributed by atoms with van der Waals surface area (Å²) in [5.74, 6) is 5.25. The van der Waals surface area contributed by atoms with Gasteiger partial charge in [0.1, 0.15) is 0 Å². The first-order valence-corrected chi connectivity index (χ1v) is 14.2. The minimum absolute atomic E-state index is 0.00782. The topological polar surface area (TPSA) is 95.7 Å². The molecule has 0 aromatic heterocycles. The lowest BCUT2D eigenvalue weighted by atomic mass is 10.1. The number of fused-ring (bicyclic) bond motifs is 1. The van der Waals surface area contributed by atoms with Crippen LogP contribution in [-0.4, -0.2) is 30.1 Å². The molecule has 0 spiro atoms. The molecule has 1 aliphatic heterocycles. The fraction of sp³-hybridized carbons (Fsp3) is 0.667. The quantitative estimate of drug-likeness (QED) is 0.164. The lowest BCUT2D eigenvalue weighted by Gasteiger charge is -2.10. The van der Waals surface area contributed by atoms with E-state index >= 15 is 0 Å². The number of cyclic esters (lactones) is 2. The number of hydrogen-bond acceptors (Lipinski definition) is 6. The first kappa shape index (κ1) is 30.3. The molecule has 1 aromatic carbocycles. The summed E-state index contributed by atoms with van der Waals surface area (Å²) in [6, 6.07) is 3.59. The smallest absolute Gasteiger partial charge is 0.339 e. The van der Waals surface area contributed by atoms with Crippen molar-refractivity contribution < 1.29 is 24.0 Å². The molecule has 0 radical (unpaired) electrons. The third-order valence-electron chi connectivity index (χ3n) is 6.64. The van der Waals surface area contributed by atoms with Gasteiger partial charge in [0, 0.05) is 25.0 Å². The molecule has 1 aromatic rings. The average Bonchev–Trinajstić information content (AvgIpc) is 2.89. The molecule has 1 aliphatic rings. The second kappa shape index (κ2) is 19.3. The number of carbonyl (C=O) groups excluding carboxylic acids is 2. The van der Waals surface area contributed by atoms with E-state index in [1.807, 2.05) is 0 Å². The molecular weight excluding hydrogens is 470 g/mol. The normalized spacial score (nSPS) is 19.0. The number of nitro benzene ring substituents is 1. The predicted molar refractivity (Wildman–Crippen MR) is 145 cm³/mol. The summed E-state index contributed by atoms with van der Waals surface area (Å²) >= 11 is 0. The van der Waals surface area contributed by atoms with Crippen molar-refractivity contribution >= 4 is 17.6 Å². The number of hydrogen-bond donors (Lipinski definition) is 0. The van der Waals surface area contributed by atoms with Crippen LogP contribution in [0, 0.1) is 22.0 Å². The summed E-state index contributed by atoms with van der Waals surface area (Å²) in [6.07, 6.45) is 19.6. The fourth-order valence-corrected chi connectivity index (χ4v) is 4.41. The maximum Gasteiger partial charge on any atom is 0.339 e. The van der Waals surface area contributed by atoms with E-state index in [0.29, 0.717) is 0 Å². The van der Waals surface area contributed by atoms with Gasteiger partial charge >= 0.3 is 11.9 Å². The Kier molecular flexibility index (Phi) is 15.8. The Morgan fingerprint density at radius 2 is 1.00 bits per heavy atom. The van der Waals surface area contributed by atoms with Crippen molar-refractivity contribution in [2.75, 3.05) is 13.2 Å². The highest BCUT2D eigenvalue weighted by Gasteiger charge is 2.23. The van der Waals surface area contributed by atoms with Crippen LogP contribution in [0.4, 0.5) is 5.69 Å². The number of carbonyl (C=O) groups is 2. The van der Waals surface area contributed by atoms with Gasteiger partial charge in [-0.3, -0.25) is 10.1 Å². The van der Waals surface area contributed by atoms with Crippen LogP contribution in [0.2, 0.25) is 0 Å². The van der Waals surface area contributed by atoms with E-state index in [0.717, 1.165) is 70.3 Å². The van der Waals surface area contributed by atoms with Gasteiger partial charge in [-0.2, -0.15) is 0 Å². The monoisotopic (exact) mass is 513 g/mol. The van der Waals surface area contributed by atoms with Crippen LogP contribution < -0.4 is 0 Å². The summed E-state index contributed by atoms with van der Waals surface area (Å²) < 4.78 is 10.7. The molecule has 0 atom stereocenters. The molecule has 0 fully saturated rings. The van der Waals surface area contributed by atoms with Gasteiger partial charge in [-0.1, -0.05) is 77.0 Å². The minimum atomic E-state index is -0.730. The van der Waals surface area contributed by atoms with Crippen molar-refractivity contribution in [2.24, 2.45) is 0 Å². The van der Waals surface area contributed by atoms with Gasteiger partial charge in [0.05, 0.1) is 29.3 Å². The molecule has 7 heteroatoms. The van der Waals surface area contributed by atoms with Crippen LogP contribution >= 0.6 is 0 Å². The number of ether oxygens (including phenoxy) is 2. The second-order valence-corrected chi connectivity index (χ2v) is 9.77. The molecule has 0 bridgehead atoms. The van der Waals surface area contributed by atoms with E-state index in [9.17, 15) is 19.7 Å². The summed E-state index contributed by atoms with van der Waals surface area (Å²) in [5.41, 5.74) is -0.368. The molecule has 0 aliphatic carbocycles. The van der Waals surface area contributed by atoms with Crippen LogP contribution in [-0.2, 0) is 9.47 Å². The molecule has 7 nitrogen and oxygen atoms in total. The molecule has 2 rings (SSSR count). The van der Waals surface area contributed by atoms with E-state index in [-0.39, 0.29) is 30.0 Å². The maximum absolute atomic E-state index is 12.7. The fourth-order valence-electron chi connectivity index (χ4n) is 4.41. The number of esters is 2. The summed E-state index contributed by atoms with van der Waals surface area (Å²) in [4.78, 5) is 35.9. The highest BCUT2D eigenvalue weighted by molar-refractivity contribution is 6.03. The van der Waals surface area contributed by atoms with E-state index in [1.165, 1.54) is 63.5 Å². The van der Waals surface area contributed by atoms with Gasteiger partial charge in [-0.25, -0.2) is 9.59 Å². The zero-order valence-electron chi connectivity index (χ0n) is 22.3. The van der Waals surface area contributed by atoms with Gasteiger partial charge < -0.3 is 9.47 Å².